The van der Waals surface area contributed by atoms with Crippen molar-refractivity contribution < 1.29 is 14.6 Å². The molecule has 0 saturated carbocycles. The minimum atomic E-state index is -0.886. The van der Waals surface area contributed by atoms with Gasteiger partial charge in [0.15, 0.2) is 0 Å². The van der Waals surface area contributed by atoms with Gasteiger partial charge in [0.05, 0.1) is 17.4 Å². The summed E-state index contributed by atoms with van der Waals surface area (Å²) in [5, 5.41) is 22.7. The number of aromatic hydroxyl groups is 1. The average molecular weight is 357 g/mol. The third kappa shape index (κ3) is 4.39. The fourth-order valence-electron chi connectivity index (χ4n) is 3.07. The van der Waals surface area contributed by atoms with Crippen molar-refractivity contribution in [2.75, 3.05) is 0 Å². The van der Waals surface area contributed by atoms with Crippen LogP contribution in [0.5, 0.6) is 5.75 Å². The molecule has 138 valence electrons. The topological polar surface area (TPSA) is 70.3 Å². The maximum Gasteiger partial charge on any atom is 0.130 e. The number of nitrogens with zero attached hydrogens (tertiary/aromatic N) is 2. The molecule has 0 spiro atoms. The van der Waals surface area contributed by atoms with Gasteiger partial charge in [0.2, 0.25) is 0 Å². The zero-order chi connectivity index (χ0) is 18.7. The van der Waals surface area contributed by atoms with Crippen molar-refractivity contribution in [3.63, 3.8) is 0 Å². The van der Waals surface area contributed by atoms with Gasteiger partial charge in [0, 0.05) is 24.6 Å². The highest BCUT2D eigenvalue weighted by atomic mass is 19.1. The number of halogens is 1. The van der Waals surface area contributed by atoms with Gasteiger partial charge < -0.3 is 14.8 Å². The molecule has 0 aliphatic rings. The zero-order valence-electron chi connectivity index (χ0n) is 15.0. The number of para-hydroxylation sites is 2. The second-order valence-electron chi connectivity index (χ2n) is 7.20. The number of aliphatic hydroxyl groups excluding tert-OH is 1. The molecule has 0 bridgehead atoms. The van der Waals surface area contributed by atoms with Gasteiger partial charge in [0.25, 0.3) is 0 Å². The fourth-order valence-corrected chi connectivity index (χ4v) is 3.07. The first-order valence-electron chi connectivity index (χ1n) is 8.67. The SMILES string of the molecule is CC(C)(CCn1cnc2ccccc21)NC(O)Cc1ccc(O)cc1F. The van der Waals surface area contributed by atoms with Crippen LogP contribution in [0.2, 0.25) is 0 Å². The molecule has 26 heavy (non-hydrogen) atoms. The Morgan fingerprint density at radius 3 is 2.77 bits per heavy atom. The number of imidazole rings is 1. The molecule has 1 aromatic heterocycles. The summed E-state index contributed by atoms with van der Waals surface area (Å²) >= 11 is 0. The zero-order valence-corrected chi connectivity index (χ0v) is 15.0. The Labute approximate surface area is 152 Å². The maximum atomic E-state index is 13.8. The van der Waals surface area contributed by atoms with E-state index in [-0.39, 0.29) is 17.7 Å². The van der Waals surface area contributed by atoms with Crippen molar-refractivity contribution >= 4 is 11.0 Å². The molecular formula is C20H24FN3O2. The van der Waals surface area contributed by atoms with Crippen molar-refractivity contribution in [2.45, 2.75) is 45.0 Å². The Morgan fingerprint density at radius 2 is 2.00 bits per heavy atom. The van der Waals surface area contributed by atoms with Crippen molar-refractivity contribution in [1.29, 1.82) is 0 Å². The number of aromatic nitrogens is 2. The average Bonchev–Trinajstić information content (AvgIpc) is 2.98. The monoisotopic (exact) mass is 357 g/mol. The molecule has 1 heterocycles. The lowest BCUT2D eigenvalue weighted by Gasteiger charge is -2.30. The van der Waals surface area contributed by atoms with Crippen molar-refractivity contribution in [3.05, 3.63) is 60.2 Å². The molecule has 0 radical (unpaired) electrons. The number of phenolic OH excluding ortho intramolecular Hbond substituents is 1. The van der Waals surface area contributed by atoms with Crippen LogP contribution in [-0.4, -0.2) is 31.5 Å². The van der Waals surface area contributed by atoms with Gasteiger partial charge in [-0.05, 0) is 44.0 Å². The second kappa shape index (κ2) is 7.43. The van der Waals surface area contributed by atoms with E-state index in [0.717, 1.165) is 30.1 Å². The van der Waals surface area contributed by atoms with Crippen LogP contribution in [0.25, 0.3) is 11.0 Å². The maximum absolute atomic E-state index is 13.8. The van der Waals surface area contributed by atoms with E-state index in [2.05, 4.69) is 14.9 Å². The summed E-state index contributed by atoms with van der Waals surface area (Å²) in [6.07, 6.45) is 1.83. The van der Waals surface area contributed by atoms with Crippen LogP contribution in [0.3, 0.4) is 0 Å². The van der Waals surface area contributed by atoms with Crippen LogP contribution in [-0.2, 0) is 13.0 Å². The Hall–Kier alpha value is -2.44. The molecule has 0 amide bonds. The number of benzene rings is 2. The molecule has 0 aliphatic heterocycles. The lowest BCUT2D eigenvalue weighted by molar-refractivity contribution is 0.0958. The van der Waals surface area contributed by atoms with Gasteiger partial charge in [-0.15, -0.1) is 0 Å². The van der Waals surface area contributed by atoms with E-state index in [1.165, 1.54) is 12.1 Å². The smallest absolute Gasteiger partial charge is 0.130 e. The molecule has 0 aliphatic carbocycles. The van der Waals surface area contributed by atoms with Gasteiger partial charge >= 0.3 is 0 Å². The van der Waals surface area contributed by atoms with Crippen molar-refractivity contribution in [1.82, 2.24) is 14.9 Å². The molecule has 2 aromatic carbocycles. The highest BCUT2D eigenvalue weighted by Gasteiger charge is 2.22. The summed E-state index contributed by atoms with van der Waals surface area (Å²) < 4.78 is 15.9. The third-order valence-electron chi connectivity index (χ3n) is 4.51. The van der Waals surface area contributed by atoms with Crippen LogP contribution in [0.15, 0.2) is 48.8 Å². The van der Waals surface area contributed by atoms with E-state index < -0.39 is 12.0 Å². The Balaban J connectivity index is 1.59. The fraction of sp³-hybridized carbons (Fsp3) is 0.350. The molecule has 0 fully saturated rings. The van der Waals surface area contributed by atoms with Crippen molar-refractivity contribution in [3.8, 4) is 5.75 Å². The summed E-state index contributed by atoms with van der Waals surface area (Å²) in [7, 11) is 0. The molecule has 3 aromatic rings. The van der Waals surface area contributed by atoms with E-state index in [9.17, 15) is 14.6 Å². The molecule has 1 unspecified atom stereocenters. The number of aliphatic hydroxyl groups is 1. The van der Waals surface area contributed by atoms with Crippen molar-refractivity contribution in [2.24, 2.45) is 0 Å². The molecule has 3 rings (SSSR count). The predicted octanol–water partition coefficient (Wildman–Crippen LogP) is 3.20. The first kappa shape index (κ1) is 18.4. The van der Waals surface area contributed by atoms with Gasteiger partial charge in [-0.25, -0.2) is 9.37 Å². The van der Waals surface area contributed by atoms with Crippen LogP contribution >= 0.6 is 0 Å². The minimum Gasteiger partial charge on any atom is -0.508 e. The molecule has 6 heteroatoms. The molecule has 1 atom stereocenters. The number of hydrogen-bond donors (Lipinski definition) is 3. The number of hydrogen-bond acceptors (Lipinski definition) is 4. The van der Waals surface area contributed by atoms with Gasteiger partial charge in [-0.1, -0.05) is 18.2 Å². The standard InChI is InChI=1S/C20H24FN3O2/c1-20(2,9-10-24-13-22-17-5-3-4-6-18(17)24)23-19(26)11-14-7-8-15(25)12-16(14)21/h3-8,12-13,19,23,25-26H,9-11H2,1-2H3. The number of aryl methyl sites for hydroxylation is 1. The lowest BCUT2D eigenvalue weighted by Crippen LogP contribution is -2.47. The Morgan fingerprint density at radius 1 is 1.23 bits per heavy atom. The molecular weight excluding hydrogens is 333 g/mol. The summed E-state index contributed by atoms with van der Waals surface area (Å²) in [6.45, 7) is 4.76. The highest BCUT2D eigenvalue weighted by Crippen LogP contribution is 2.19. The Bertz CT molecular complexity index is 892. The lowest BCUT2D eigenvalue weighted by atomic mass is 9.99. The van der Waals surface area contributed by atoms with Gasteiger partial charge in [0.1, 0.15) is 17.8 Å². The third-order valence-corrected chi connectivity index (χ3v) is 4.51. The minimum absolute atomic E-state index is 0.124. The van der Waals surface area contributed by atoms with Gasteiger partial charge in [-0.2, -0.15) is 0 Å². The van der Waals surface area contributed by atoms with E-state index in [0.29, 0.717) is 5.56 Å². The molecule has 0 saturated heterocycles. The number of nitrogens with one attached hydrogen (secondary N) is 1. The normalized spacial score (nSPS) is 13.2. The summed E-state index contributed by atoms with van der Waals surface area (Å²) in [6, 6.07) is 11.9. The Kier molecular flexibility index (Phi) is 5.25. The van der Waals surface area contributed by atoms with Crippen LogP contribution in [0, 0.1) is 5.82 Å². The number of phenols is 1. The summed E-state index contributed by atoms with van der Waals surface area (Å²) in [4.78, 5) is 4.38. The molecule has 3 N–H and O–H groups in total. The van der Waals surface area contributed by atoms with E-state index in [1.807, 2.05) is 44.4 Å². The van der Waals surface area contributed by atoms with Crippen LogP contribution in [0.1, 0.15) is 25.8 Å². The number of rotatable bonds is 7. The van der Waals surface area contributed by atoms with E-state index in [4.69, 9.17) is 0 Å². The highest BCUT2D eigenvalue weighted by molar-refractivity contribution is 5.74. The first-order chi connectivity index (χ1) is 12.3. The van der Waals surface area contributed by atoms with E-state index in [1.54, 1.807) is 0 Å². The number of fused-ring (bicyclic) bond motifs is 1. The summed E-state index contributed by atoms with van der Waals surface area (Å²) in [5.74, 6) is -0.643. The first-order valence-corrected chi connectivity index (χ1v) is 8.67. The van der Waals surface area contributed by atoms with Crippen LogP contribution in [0.4, 0.5) is 4.39 Å². The molecule has 5 nitrogen and oxygen atoms in total. The van der Waals surface area contributed by atoms with Crippen LogP contribution < -0.4 is 5.32 Å². The summed E-state index contributed by atoms with van der Waals surface area (Å²) in [5.41, 5.74) is 2.05. The van der Waals surface area contributed by atoms with Gasteiger partial charge in [-0.3, -0.25) is 5.32 Å². The van der Waals surface area contributed by atoms with E-state index >= 15 is 0 Å². The second-order valence-corrected chi connectivity index (χ2v) is 7.20. The largest absolute Gasteiger partial charge is 0.508 e. The quantitative estimate of drug-likeness (QED) is 0.568. The predicted molar refractivity (Wildman–Crippen MR) is 99.3 cm³/mol.